The topological polar surface area (TPSA) is 89.0 Å². The lowest BCUT2D eigenvalue weighted by Crippen LogP contribution is -2.35. The molecule has 4 aromatic rings. The number of aryl methyl sites for hydroxylation is 1. The van der Waals surface area contributed by atoms with Crippen molar-refractivity contribution in [1.82, 2.24) is 14.9 Å². The van der Waals surface area contributed by atoms with E-state index in [0.717, 1.165) is 59.3 Å². The summed E-state index contributed by atoms with van der Waals surface area (Å²) in [6.45, 7) is 2.06. The number of nitrogens with one attached hydrogen (secondary N) is 2. The number of methoxy groups -OCH3 is 1. The van der Waals surface area contributed by atoms with Gasteiger partial charge in [0.1, 0.15) is 17.4 Å². The van der Waals surface area contributed by atoms with E-state index in [0.29, 0.717) is 16.6 Å². The van der Waals surface area contributed by atoms with Crippen molar-refractivity contribution in [2.45, 2.75) is 44.7 Å². The summed E-state index contributed by atoms with van der Waals surface area (Å²) in [5.41, 5.74) is 12.4. The summed E-state index contributed by atoms with van der Waals surface area (Å²) in [5.74, 6) is 0.595. The van der Waals surface area contributed by atoms with E-state index in [4.69, 9.17) is 22.1 Å². The molecular weight excluding hydrogens is 503 g/mol. The Labute approximate surface area is 226 Å². The van der Waals surface area contributed by atoms with E-state index in [1.54, 1.807) is 13.3 Å². The number of amidine groups is 1. The molecule has 0 unspecified atom stereocenters. The number of ether oxygens (including phenoxy) is 1. The summed E-state index contributed by atoms with van der Waals surface area (Å²) in [6.07, 6.45) is 7.93. The van der Waals surface area contributed by atoms with Crippen LogP contribution in [0.1, 0.15) is 36.8 Å². The number of benzene rings is 2. The van der Waals surface area contributed by atoms with Gasteiger partial charge in [0.2, 0.25) is 0 Å². The van der Waals surface area contributed by atoms with E-state index < -0.39 is 5.82 Å². The van der Waals surface area contributed by atoms with Crippen LogP contribution in [0.3, 0.4) is 0 Å². The molecule has 2 aromatic heterocycles. The predicted octanol–water partition coefficient (Wildman–Crippen LogP) is 6.09. The summed E-state index contributed by atoms with van der Waals surface area (Å²) in [5, 5.41) is 12.1. The first-order chi connectivity index (χ1) is 18.4. The van der Waals surface area contributed by atoms with Gasteiger partial charge in [-0.1, -0.05) is 17.7 Å². The van der Waals surface area contributed by atoms with Crippen molar-refractivity contribution >= 4 is 34.3 Å². The van der Waals surface area contributed by atoms with Crippen LogP contribution in [0.15, 0.2) is 59.9 Å². The lowest BCUT2D eigenvalue weighted by atomic mass is 9.91. The van der Waals surface area contributed by atoms with Gasteiger partial charge in [-0.2, -0.15) is 5.10 Å². The highest BCUT2D eigenvalue weighted by atomic mass is 35.5. The molecule has 7 nitrogen and oxygen atoms in total. The molecule has 0 aliphatic heterocycles. The lowest BCUT2D eigenvalue weighted by Gasteiger charge is -2.30. The van der Waals surface area contributed by atoms with Gasteiger partial charge in [-0.3, -0.25) is 0 Å². The summed E-state index contributed by atoms with van der Waals surface area (Å²) < 4.78 is 21.1. The Balaban J connectivity index is 1.60. The maximum atomic E-state index is 13.9. The van der Waals surface area contributed by atoms with Crippen LogP contribution in [0.5, 0.6) is 5.75 Å². The molecule has 0 spiro atoms. The minimum atomic E-state index is -0.430. The monoisotopic (exact) mass is 534 g/mol. The van der Waals surface area contributed by atoms with E-state index in [1.807, 2.05) is 29.9 Å². The minimum Gasteiger partial charge on any atom is -0.497 e. The van der Waals surface area contributed by atoms with Gasteiger partial charge in [0.15, 0.2) is 0 Å². The summed E-state index contributed by atoms with van der Waals surface area (Å²) in [6, 6.07) is 13.0. The standard InChI is InChI=1S/C29H32ClFN6O/c1-17-12-22(38-3)9-10-23(17)18-13-27-28(35-21-7-5-20(33-2)6-8-21)24(15-34-37(27)16-18)29(32)36-26-14-19(31)4-11-25(26)30/h4,9-16,20-21,33,35H,5-8H2,1-3H3,(H2,32,36). The molecule has 1 fully saturated rings. The molecule has 0 amide bonds. The Kier molecular flexibility index (Phi) is 7.53. The number of halogens is 2. The SMILES string of the molecule is CNC1CCC(Nc2c(C(N)=Nc3cc(F)ccc3Cl)cnn3cc(-c4ccc(OC)cc4C)cc23)CC1. The molecule has 0 saturated heterocycles. The average molecular weight is 535 g/mol. The maximum absolute atomic E-state index is 13.9. The number of hydrogen-bond donors (Lipinski definition) is 3. The second-order valence-electron chi connectivity index (χ2n) is 9.75. The zero-order valence-electron chi connectivity index (χ0n) is 21.8. The Morgan fingerprint density at radius 3 is 2.61 bits per heavy atom. The zero-order valence-corrected chi connectivity index (χ0v) is 22.5. The number of hydrogen-bond acceptors (Lipinski definition) is 5. The Bertz CT molecular complexity index is 1490. The predicted molar refractivity (Wildman–Crippen MR) is 152 cm³/mol. The van der Waals surface area contributed by atoms with E-state index in [9.17, 15) is 4.39 Å². The normalized spacial score (nSPS) is 18.1. The highest BCUT2D eigenvalue weighted by molar-refractivity contribution is 6.33. The smallest absolute Gasteiger partial charge is 0.135 e. The van der Waals surface area contributed by atoms with Crippen molar-refractivity contribution in [1.29, 1.82) is 0 Å². The molecule has 5 rings (SSSR count). The second kappa shape index (κ2) is 11.0. The highest BCUT2D eigenvalue weighted by Crippen LogP contribution is 2.34. The van der Waals surface area contributed by atoms with Crippen LogP contribution >= 0.6 is 11.6 Å². The van der Waals surface area contributed by atoms with Gasteiger partial charge in [0.25, 0.3) is 0 Å². The summed E-state index contributed by atoms with van der Waals surface area (Å²) >= 11 is 6.27. The molecule has 1 aliphatic carbocycles. The first-order valence-electron chi connectivity index (χ1n) is 12.8. The van der Waals surface area contributed by atoms with Crippen molar-refractivity contribution in [3.05, 3.63) is 76.8 Å². The molecule has 0 atom stereocenters. The lowest BCUT2D eigenvalue weighted by molar-refractivity contribution is 0.371. The van der Waals surface area contributed by atoms with Crippen LogP contribution in [-0.4, -0.2) is 41.7 Å². The van der Waals surface area contributed by atoms with Crippen molar-refractivity contribution in [3.8, 4) is 16.9 Å². The summed E-state index contributed by atoms with van der Waals surface area (Å²) in [7, 11) is 3.68. The third kappa shape index (κ3) is 5.33. The van der Waals surface area contributed by atoms with Gasteiger partial charge in [0, 0.05) is 29.9 Å². The fourth-order valence-corrected chi connectivity index (χ4v) is 5.29. The van der Waals surface area contributed by atoms with Crippen LogP contribution in [0.25, 0.3) is 16.6 Å². The maximum Gasteiger partial charge on any atom is 0.135 e. The van der Waals surface area contributed by atoms with Crippen molar-refractivity contribution in [2.24, 2.45) is 10.7 Å². The molecule has 38 heavy (non-hydrogen) atoms. The molecule has 0 radical (unpaired) electrons. The van der Waals surface area contributed by atoms with E-state index in [2.05, 4.69) is 39.8 Å². The van der Waals surface area contributed by atoms with Gasteiger partial charge in [-0.25, -0.2) is 13.9 Å². The van der Waals surface area contributed by atoms with Crippen LogP contribution in [-0.2, 0) is 0 Å². The third-order valence-electron chi connectivity index (χ3n) is 7.29. The number of fused-ring (bicyclic) bond motifs is 1. The second-order valence-corrected chi connectivity index (χ2v) is 10.2. The molecule has 2 heterocycles. The number of nitrogens with zero attached hydrogens (tertiary/aromatic N) is 3. The van der Waals surface area contributed by atoms with Gasteiger partial charge < -0.3 is 21.1 Å². The van der Waals surface area contributed by atoms with Gasteiger partial charge in [-0.15, -0.1) is 0 Å². The van der Waals surface area contributed by atoms with Crippen LogP contribution < -0.4 is 21.1 Å². The Morgan fingerprint density at radius 1 is 1.13 bits per heavy atom. The largest absolute Gasteiger partial charge is 0.497 e. The first kappa shape index (κ1) is 26.0. The Morgan fingerprint density at radius 2 is 1.89 bits per heavy atom. The van der Waals surface area contributed by atoms with Crippen molar-refractivity contribution < 1.29 is 9.13 Å². The molecule has 1 saturated carbocycles. The molecule has 4 N–H and O–H groups in total. The fraction of sp³-hybridized carbons (Fsp3) is 0.310. The quantitative estimate of drug-likeness (QED) is 0.197. The Hall–Kier alpha value is -3.62. The molecular formula is C29H32ClFN6O. The first-order valence-corrected chi connectivity index (χ1v) is 13.1. The molecule has 2 aromatic carbocycles. The zero-order chi connectivity index (χ0) is 26.8. The third-order valence-corrected chi connectivity index (χ3v) is 7.61. The molecule has 9 heteroatoms. The number of aromatic nitrogens is 2. The van der Waals surface area contributed by atoms with E-state index >= 15 is 0 Å². The van der Waals surface area contributed by atoms with Crippen LogP contribution in [0.4, 0.5) is 15.8 Å². The van der Waals surface area contributed by atoms with Crippen molar-refractivity contribution in [3.63, 3.8) is 0 Å². The number of rotatable bonds is 7. The van der Waals surface area contributed by atoms with E-state index in [-0.39, 0.29) is 17.6 Å². The molecule has 1 aliphatic rings. The highest BCUT2D eigenvalue weighted by Gasteiger charge is 2.23. The van der Waals surface area contributed by atoms with Gasteiger partial charge in [0.05, 0.1) is 40.8 Å². The number of nitrogens with two attached hydrogens (primary N) is 1. The van der Waals surface area contributed by atoms with E-state index in [1.165, 1.54) is 18.2 Å². The number of anilines is 1. The van der Waals surface area contributed by atoms with Crippen molar-refractivity contribution in [2.75, 3.05) is 19.5 Å². The van der Waals surface area contributed by atoms with Crippen LogP contribution in [0.2, 0.25) is 5.02 Å². The fourth-order valence-electron chi connectivity index (χ4n) is 5.13. The number of aliphatic imine (C=N–C) groups is 1. The van der Waals surface area contributed by atoms with Gasteiger partial charge in [-0.05, 0) is 81.1 Å². The summed E-state index contributed by atoms with van der Waals surface area (Å²) in [4.78, 5) is 4.48. The molecule has 198 valence electrons. The average Bonchev–Trinajstić information content (AvgIpc) is 3.35. The molecule has 0 bridgehead atoms. The van der Waals surface area contributed by atoms with Gasteiger partial charge >= 0.3 is 0 Å². The van der Waals surface area contributed by atoms with Crippen LogP contribution in [0, 0.1) is 12.7 Å². The minimum absolute atomic E-state index is 0.210.